The molecular weight excluding hydrogens is 352 g/mol. The number of nitro groups is 1. The number of nitro benzene ring substituents is 1. The third kappa shape index (κ3) is 4.07. The predicted molar refractivity (Wildman–Crippen MR) is 103 cm³/mol. The van der Waals surface area contributed by atoms with Crippen molar-refractivity contribution < 1.29 is 18.9 Å². The van der Waals surface area contributed by atoms with Gasteiger partial charge in [-0.2, -0.15) is 0 Å². The standard InChI is InChI=1S/C18H28N2O5Si/c1-18(2,3)26(5,6)25-13-11-16(17(21)24-4)19(12-13)14-9-7-8-10-15(14)20(22)23/h7-10,13,16H,11-12H2,1-6H3/t13-,16-/m1/s1. The fourth-order valence-electron chi connectivity index (χ4n) is 2.96. The highest BCUT2D eigenvalue weighted by molar-refractivity contribution is 6.74. The first-order valence-electron chi connectivity index (χ1n) is 8.73. The van der Waals surface area contributed by atoms with Crippen LogP contribution in [0.15, 0.2) is 24.3 Å². The van der Waals surface area contributed by atoms with Gasteiger partial charge in [-0.3, -0.25) is 10.1 Å². The van der Waals surface area contributed by atoms with Crippen LogP contribution in [0.25, 0.3) is 0 Å². The van der Waals surface area contributed by atoms with Crippen molar-refractivity contribution in [3.63, 3.8) is 0 Å². The van der Waals surface area contributed by atoms with E-state index in [1.165, 1.54) is 13.2 Å². The highest BCUT2D eigenvalue weighted by atomic mass is 28.4. The van der Waals surface area contributed by atoms with E-state index in [-0.39, 0.29) is 16.8 Å². The Hall–Kier alpha value is -1.93. The number of methoxy groups -OCH3 is 1. The number of carbonyl (C=O) groups excluding carboxylic acids is 1. The van der Waals surface area contributed by atoms with E-state index < -0.39 is 25.3 Å². The number of hydrogen-bond acceptors (Lipinski definition) is 6. The fourth-order valence-corrected chi connectivity index (χ4v) is 4.32. The molecule has 26 heavy (non-hydrogen) atoms. The maximum atomic E-state index is 12.3. The van der Waals surface area contributed by atoms with E-state index in [0.717, 1.165) is 0 Å². The zero-order valence-corrected chi connectivity index (χ0v) is 17.3. The molecule has 0 saturated carbocycles. The van der Waals surface area contributed by atoms with E-state index in [1.54, 1.807) is 23.1 Å². The number of benzene rings is 1. The molecule has 1 fully saturated rings. The van der Waals surface area contributed by atoms with Crippen LogP contribution in [0.2, 0.25) is 18.1 Å². The van der Waals surface area contributed by atoms with E-state index >= 15 is 0 Å². The van der Waals surface area contributed by atoms with Gasteiger partial charge in [0.1, 0.15) is 11.7 Å². The number of anilines is 1. The molecule has 144 valence electrons. The summed E-state index contributed by atoms with van der Waals surface area (Å²) in [6, 6.07) is 5.89. The largest absolute Gasteiger partial charge is 0.467 e. The van der Waals surface area contributed by atoms with Crippen molar-refractivity contribution in [2.24, 2.45) is 0 Å². The second-order valence-corrected chi connectivity index (χ2v) is 12.9. The van der Waals surface area contributed by atoms with Crippen LogP contribution in [0.1, 0.15) is 27.2 Å². The lowest BCUT2D eigenvalue weighted by atomic mass is 10.2. The molecule has 1 aromatic rings. The Morgan fingerprint density at radius 3 is 2.46 bits per heavy atom. The first-order chi connectivity index (χ1) is 12.0. The second kappa shape index (κ2) is 7.36. The lowest BCUT2D eigenvalue weighted by Crippen LogP contribution is -2.44. The molecule has 0 spiro atoms. The van der Waals surface area contributed by atoms with Gasteiger partial charge >= 0.3 is 5.97 Å². The quantitative estimate of drug-likeness (QED) is 0.335. The zero-order valence-electron chi connectivity index (χ0n) is 16.3. The molecule has 1 aliphatic rings. The summed E-state index contributed by atoms with van der Waals surface area (Å²) in [6.07, 6.45) is 0.297. The lowest BCUT2D eigenvalue weighted by Gasteiger charge is -2.38. The van der Waals surface area contributed by atoms with Gasteiger partial charge in [0, 0.05) is 19.0 Å². The molecule has 1 heterocycles. The molecule has 0 aromatic heterocycles. The Kier molecular flexibility index (Phi) is 5.77. The number of carbonyl (C=O) groups is 1. The topological polar surface area (TPSA) is 81.9 Å². The Balaban J connectivity index is 2.34. The summed E-state index contributed by atoms with van der Waals surface area (Å²) in [6.45, 7) is 11.2. The highest BCUT2D eigenvalue weighted by Gasteiger charge is 2.45. The lowest BCUT2D eigenvalue weighted by molar-refractivity contribution is -0.384. The van der Waals surface area contributed by atoms with Gasteiger partial charge in [0.05, 0.1) is 18.1 Å². The average molecular weight is 381 g/mol. The van der Waals surface area contributed by atoms with Gasteiger partial charge < -0.3 is 14.1 Å². The Morgan fingerprint density at radius 1 is 1.31 bits per heavy atom. The number of ether oxygens (including phenoxy) is 1. The predicted octanol–water partition coefficient (Wildman–Crippen LogP) is 3.74. The summed E-state index contributed by atoms with van der Waals surface area (Å²) in [4.78, 5) is 25.0. The molecule has 0 N–H and O–H groups in total. The van der Waals surface area contributed by atoms with Gasteiger partial charge in [-0.15, -0.1) is 0 Å². The summed E-state index contributed by atoms with van der Waals surface area (Å²) in [5, 5.41) is 11.4. The summed E-state index contributed by atoms with van der Waals surface area (Å²) in [5.74, 6) is -0.399. The van der Waals surface area contributed by atoms with Crippen molar-refractivity contribution in [1.29, 1.82) is 0 Å². The van der Waals surface area contributed by atoms with E-state index in [4.69, 9.17) is 9.16 Å². The SMILES string of the molecule is COC(=O)[C@H]1C[C@@H](O[Si](C)(C)C(C)(C)C)CN1c1ccccc1[N+](=O)[O-]. The number of nitrogens with zero attached hydrogens (tertiary/aromatic N) is 2. The Labute approximate surface area is 155 Å². The van der Waals surface area contributed by atoms with Gasteiger partial charge in [0.15, 0.2) is 8.32 Å². The summed E-state index contributed by atoms with van der Waals surface area (Å²) in [7, 11) is -0.688. The number of esters is 1. The van der Waals surface area contributed by atoms with Crippen LogP contribution >= 0.6 is 0 Å². The van der Waals surface area contributed by atoms with E-state index in [2.05, 4.69) is 33.9 Å². The summed E-state index contributed by atoms with van der Waals surface area (Å²) in [5.41, 5.74) is 0.406. The van der Waals surface area contributed by atoms with E-state index in [0.29, 0.717) is 18.7 Å². The first kappa shape index (κ1) is 20.4. The van der Waals surface area contributed by atoms with Crippen molar-refractivity contribution in [2.45, 2.75) is 57.5 Å². The Morgan fingerprint density at radius 2 is 1.92 bits per heavy atom. The van der Waals surface area contributed by atoms with E-state index in [9.17, 15) is 14.9 Å². The molecule has 2 rings (SSSR count). The number of rotatable bonds is 5. The van der Waals surface area contributed by atoms with Crippen LogP contribution in [0.4, 0.5) is 11.4 Å². The Bertz CT molecular complexity index is 686. The van der Waals surface area contributed by atoms with Gasteiger partial charge in [-0.05, 0) is 24.2 Å². The maximum Gasteiger partial charge on any atom is 0.328 e. The molecule has 2 atom stereocenters. The minimum Gasteiger partial charge on any atom is -0.467 e. The minimum atomic E-state index is -2.02. The molecule has 0 amide bonds. The van der Waals surface area contributed by atoms with Crippen LogP contribution in [0, 0.1) is 10.1 Å². The normalized spacial score (nSPS) is 20.9. The van der Waals surface area contributed by atoms with Crippen molar-refractivity contribution >= 4 is 25.7 Å². The second-order valence-electron chi connectivity index (χ2n) is 8.17. The third-order valence-corrected chi connectivity index (χ3v) is 9.93. The van der Waals surface area contributed by atoms with Crippen LogP contribution in [-0.4, -0.2) is 45.0 Å². The molecule has 7 nitrogen and oxygen atoms in total. The average Bonchev–Trinajstić information content (AvgIpc) is 2.96. The summed E-state index contributed by atoms with van der Waals surface area (Å²) >= 11 is 0. The third-order valence-electron chi connectivity index (χ3n) is 5.39. The molecule has 1 aliphatic heterocycles. The first-order valence-corrected chi connectivity index (χ1v) is 11.6. The molecule has 0 bridgehead atoms. The molecular formula is C18H28N2O5Si. The monoisotopic (exact) mass is 380 g/mol. The number of hydrogen-bond donors (Lipinski definition) is 0. The van der Waals surface area contributed by atoms with Crippen molar-refractivity contribution in [3.8, 4) is 0 Å². The van der Waals surface area contributed by atoms with Crippen LogP contribution in [-0.2, 0) is 14.0 Å². The molecule has 0 unspecified atom stereocenters. The maximum absolute atomic E-state index is 12.3. The van der Waals surface area contributed by atoms with Crippen molar-refractivity contribution in [3.05, 3.63) is 34.4 Å². The van der Waals surface area contributed by atoms with Crippen LogP contribution in [0.3, 0.4) is 0 Å². The molecule has 0 radical (unpaired) electrons. The van der Waals surface area contributed by atoms with Gasteiger partial charge in [0.25, 0.3) is 5.69 Å². The van der Waals surface area contributed by atoms with Crippen molar-refractivity contribution in [2.75, 3.05) is 18.6 Å². The molecule has 8 heteroatoms. The van der Waals surface area contributed by atoms with Gasteiger partial charge in [-0.25, -0.2) is 4.79 Å². The minimum absolute atomic E-state index is 0.0191. The fraction of sp³-hybridized carbons (Fsp3) is 0.611. The smallest absolute Gasteiger partial charge is 0.328 e. The van der Waals surface area contributed by atoms with E-state index in [1.807, 2.05) is 0 Å². The van der Waals surface area contributed by atoms with Gasteiger partial charge in [-0.1, -0.05) is 32.9 Å². The number of para-hydroxylation sites is 2. The van der Waals surface area contributed by atoms with Crippen molar-refractivity contribution in [1.82, 2.24) is 0 Å². The van der Waals surface area contributed by atoms with Crippen LogP contribution in [0.5, 0.6) is 0 Å². The molecule has 1 aromatic carbocycles. The van der Waals surface area contributed by atoms with Gasteiger partial charge in [0.2, 0.25) is 0 Å². The highest BCUT2D eigenvalue weighted by Crippen LogP contribution is 2.40. The summed E-state index contributed by atoms with van der Waals surface area (Å²) < 4.78 is 11.4. The molecule has 1 saturated heterocycles. The zero-order chi connectivity index (χ0) is 19.7. The molecule has 0 aliphatic carbocycles. The van der Waals surface area contributed by atoms with Crippen LogP contribution < -0.4 is 4.90 Å².